The van der Waals surface area contributed by atoms with Crippen LogP contribution in [0.4, 0.5) is 13.2 Å². The summed E-state index contributed by atoms with van der Waals surface area (Å²) in [6.45, 7) is 1.11. The largest absolute Gasteiger partial charge is 0.389 e. The van der Waals surface area contributed by atoms with Crippen molar-refractivity contribution in [2.75, 3.05) is 6.54 Å². The Morgan fingerprint density at radius 3 is 2.81 bits per heavy atom. The lowest BCUT2D eigenvalue weighted by Crippen LogP contribution is -2.31. The Morgan fingerprint density at radius 2 is 2.15 bits per heavy atom. The number of alkyl halides is 3. The van der Waals surface area contributed by atoms with Crippen LogP contribution in [0.2, 0.25) is 0 Å². The molecule has 1 aliphatic heterocycles. The second-order valence-electron chi connectivity index (χ2n) is 6.35. The van der Waals surface area contributed by atoms with Crippen molar-refractivity contribution < 1.29 is 23.1 Å². The van der Waals surface area contributed by atoms with Gasteiger partial charge in [-0.2, -0.15) is 23.4 Å². The maximum atomic E-state index is 12.3. The molecule has 7 nitrogen and oxygen atoms in total. The second-order valence-corrected chi connectivity index (χ2v) is 6.35. The van der Waals surface area contributed by atoms with E-state index in [0.29, 0.717) is 36.6 Å². The summed E-state index contributed by atoms with van der Waals surface area (Å²) in [5.41, 5.74) is 1.70. The molecule has 10 heteroatoms. The van der Waals surface area contributed by atoms with Crippen LogP contribution in [0, 0.1) is 0 Å². The highest BCUT2D eigenvalue weighted by atomic mass is 19.4. The average Bonchev–Trinajstić information content (AvgIpc) is 3.12. The molecule has 142 valence electrons. The molecule has 1 aliphatic rings. The van der Waals surface area contributed by atoms with Gasteiger partial charge in [-0.25, -0.2) is 0 Å². The maximum Gasteiger partial charge on any atom is 0.389 e. The number of fused-ring (bicyclic) bond motifs is 1. The van der Waals surface area contributed by atoms with Gasteiger partial charge in [-0.05, 0) is 18.6 Å². The number of aliphatic hydroxyl groups excluding tert-OH is 1. The van der Waals surface area contributed by atoms with Crippen LogP contribution in [-0.4, -0.2) is 48.2 Å². The van der Waals surface area contributed by atoms with E-state index in [0.717, 1.165) is 0 Å². The van der Waals surface area contributed by atoms with Crippen LogP contribution < -0.4 is 0 Å². The third kappa shape index (κ3) is 4.06. The van der Waals surface area contributed by atoms with Crippen molar-refractivity contribution in [3.63, 3.8) is 0 Å². The minimum atomic E-state index is -4.34. The molecule has 3 heterocycles. The third-order valence-corrected chi connectivity index (χ3v) is 4.43. The van der Waals surface area contributed by atoms with Crippen LogP contribution in [0.25, 0.3) is 0 Å². The number of aromatic nitrogens is 4. The summed E-state index contributed by atoms with van der Waals surface area (Å²) in [7, 11) is 1.71. The zero-order valence-corrected chi connectivity index (χ0v) is 14.3. The highest BCUT2D eigenvalue weighted by molar-refractivity contribution is 5.76. The molecule has 1 atom stereocenters. The summed E-state index contributed by atoms with van der Waals surface area (Å²) < 4.78 is 40.3. The van der Waals surface area contributed by atoms with Crippen LogP contribution in [-0.2, 0) is 24.9 Å². The molecule has 0 radical (unpaired) electrons. The smallest absolute Gasteiger partial charge is 0.380 e. The number of carbonyl (C=O) groups excluding carboxylic acids is 1. The van der Waals surface area contributed by atoms with E-state index in [1.807, 2.05) is 0 Å². The summed E-state index contributed by atoms with van der Waals surface area (Å²) in [6, 6.07) is 3.37. The van der Waals surface area contributed by atoms with Crippen molar-refractivity contribution in [1.82, 2.24) is 24.5 Å². The van der Waals surface area contributed by atoms with Crippen LogP contribution in [0.1, 0.15) is 42.4 Å². The Bertz CT molecular complexity index is 783. The third-order valence-electron chi connectivity index (χ3n) is 4.43. The maximum absolute atomic E-state index is 12.3. The molecule has 1 unspecified atom stereocenters. The minimum Gasteiger partial charge on any atom is -0.380 e. The molecular formula is C16H20F3N5O2. The molecule has 0 saturated heterocycles. The number of aliphatic hydroxyl groups is 1. The van der Waals surface area contributed by atoms with Crippen molar-refractivity contribution in [3.05, 3.63) is 35.4 Å². The lowest BCUT2D eigenvalue weighted by Gasteiger charge is -2.20. The molecule has 0 spiro atoms. The quantitative estimate of drug-likeness (QED) is 0.889. The first-order chi connectivity index (χ1) is 12.2. The van der Waals surface area contributed by atoms with E-state index >= 15 is 0 Å². The Morgan fingerprint density at radius 1 is 1.38 bits per heavy atom. The fourth-order valence-electron chi connectivity index (χ4n) is 3.04. The highest BCUT2D eigenvalue weighted by Crippen LogP contribution is 2.25. The number of aryl methyl sites for hydroxylation is 2. The van der Waals surface area contributed by atoms with Crippen molar-refractivity contribution in [1.29, 1.82) is 0 Å². The van der Waals surface area contributed by atoms with Gasteiger partial charge in [0.05, 0.1) is 30.0 Å². The Kier molecular flexibility index (Phi) is 5.03. The molecule has 0 saturated carbocycles. The molecule has 1 amide bonds. The lowest BCUT2D eigenvalue weighted by molar-refractivity contribution is -0.149. The fraction of sp³-hybridized carbons (Fsp3) is 0.562. The number of hydrogen-bond donors (Lipinski definition) is 1. The van der Waals surface area contributed by atoms with E-state index in [2.05, 4.69) is 10.2 Å². The van der Waals surface area contributed by atoms with E-state index in [-0.39, 0.29) is 6.54 Å². The minimum absolute atomic E-state index is 0.182. The number of amides is 1. The number of carbonyl (C=O) groups is 1. The van der Waals surface area contributed by atoms with Gasteiger partial charge in [0, 0.05) is 32.8 Å². The molecule has 0 bridgehead atoms. The van der Waals surface area contributed by atoms with E-state index in [1.165, 1.54) is 4.90 Å². The molecule has 0 aliphatic carbocycles. The van der Waals surface area contributed by atoms with E-state index < -0.39 is 31.0 Å². The standard InChI is InChI=1S/C16H20F3N5O2/c1-22-13(4-6-20-22)15(26)12-9-11-10-23(7-2-8-24(11)21-12)14(25)3-5-16(17,18)19/h4,6,9,15,26H,2-3,5,7-8,10H2,1H3. The van der Waals surface area contributed by atoms with Crippen molar-refractivity contribution >= 4 is 5.91 Å². The Balaban J connectivity index is 1.73. The normalized spacial score (nSPS) is 16.3. The van der Waals surface area contributed by atoms with Gasteiger partial charge in [-0.15, -0.1) is 0 Å². The van der Waals surface area contributed by atoms with Crippen molar-refractivity contribution in [2.45, 2.75) is 44.6 Å². The van der Waals surface area contributed by atoms with Crippen molar-refractivity contribution in [3.8, 4) is 0 Å². The van der Waals surface area contributed by atoms with Gasteiger partial charge >= 0.3 is 6.18 Å². The van der Waals surface area contributed by atoms with E-state index in [4.69, 9.17) is 0 Å². The molecular weight excluding hydrogens is 351 g/mol. The first-order valence-electron chi connectivity index (χ1n) is 8.32. The Labute approximate surface area is 148 Å². The summed E-state index contributed by atoms with van der Waals surface area (Å²) in [6.07, 6.45) is -4.82. The molecule has 2 aromatic heterocycles. The number of nitrogens with zero attached hydrogens (tertiary/aromatic N) is 5. The lowest BCUT2D eigenvalue weighted by atomic mass is 10.1. The predicted octanol–water partition coefficient (Wildman–Crippen LogP) is 1.77. The van der Waals surface area contributed by atoms with Crippen LogP contribution in [0.5, 0.6) is 0 Å². The molecule has 2 aromatic rings. The number of hydrogen-bond acceptors (Lipinski definition) is 4. The molecule has 3 rings (SSSR count). The zero-order chi connectivity index (χ0) is 18.9. The van der Waals surface area contributed by atoms with E-state index in [9.17, 15) is 23.1 Å². The van der Waals surface area contributed by atoms with E-state index in [1.54, 1.807) is 34.7 Å². The monoisotopic (exact) mass is 371 g/mol. The van der Waals surface area contributed by atoms with Gasteiger partial charge in [-0.1, -0.05) is 0 Å². The van der Waals surface area contributed by atoms with Crippen molar-refractivity contribution in [2.24, 2.45) is 7.05 Å². The van der Waals surface area contributed by atoms with Crippen LogP contribution >= 0.6 is 0 Å². The van der Waals surface area contributed by atoms with Crippen LogP contribution in [0.3, 0.4) is 0 Å². The van der Waals surface area contributed by atoms with Gasteiger partial charge in [0.15, 0.2) is 0 Å². The molecule has 0 aromatic carbocycles. The molecule has 0 fully saturated rings. The predicted molar refractivity (Wildman–Crippen MR) is 84.8 cm³/mol. The van der Waals surface area contributed by atoms with Gasteiger partial charge in [0.25, 0.3) is 0 Å². The number of rotatable bonds is 4. The Hall–Kier alpha value is -2.36. The topological polar surface area (TPSA) is 76.2 Å². The summed E-state index contributed by atoms with van der Waals surface area (Å²) in [5, 5.41) is 18.9. The fourth-order valence-corrected chi connectivity index (χ4v) is 3.04. The second kappa shape index (κ2) is 7.10. The average molecular weight is 371 g/mol. The van der Waals surface area contributed by atoms with Gasteiger partial charge in [0.1, 0.15) is 6.10 Å². The van der Waals surface area contributed by atoms with Gasteiger partial charge in [0.2, 0.25) is 5.91 Å². The SMILES string of the molecule is Cn1nccc1C(O)c1cc2n(n1)CCCN(C(=O)CCC(F)(F)F)C2. The van der Waals surface area contributed by atoms with Crippen LogP contribution in [0.15, 0.2) is 18.3 Å². The van der Waals surface area contributed by atoms with Gasteiger partial charge in [-0.3, -0.25) is 14.2 Å². The zero-order valence-electron chi connectivity index (χ0n) is 14.3. The first-order valence-corrected chi connectivity index (χ1v) is 8.32. The molecule has 1 N–H and O–H groups in total. The van der Waals surface area contributed by atoms with Gasteiger partial charge < -0.3 is 10.0 Å². The summed E-state index contributed by atoms with van der Waals surface area (Å²) in [4.78, 5) is 13.5. The highest BCUT2D eigenvalue weighted by Gasteiger charge is 2.30. The molecule has 26 heavy (non-hydrogen) atoms. The summed E-state index contributed by atoms with van der Waals surface area (Å²) in [5.74, 6) is -0.522. The number of halogens is 3. The first kappa shape index (κ1) is 18.4. The summed E-state index contributed by atoms with van der Waals surface area (Å²) >= 11 is 0.